The van der Waals surface area contributed by atoms with Crippen LogP contribution in [0.25, 0.3) is 5.70 Å². The number of Topliss-reactive ketones (excluding diaryl/α,β-unsaturated/α-hetero) is 1. The van der Waals surface area contributed by atoms with Crippen molar-refractivity contribution in [1.82, 2.24) is 9.78 Å². The smallest absolute Gasteiger partial charge is 0.158 e. The summed E-state index contributed by atoms with van der Waals surface area (Å²) in [6, 6.07) is 0. The summed E-state index contributed by atoms with van der Waals surface area (Å²) in [6.07, 6.45) is 3.63. The zero-order valence-corrected chi connectivity index (χ0v) is 11.9. The molecule has 18 heavy (non-hydrogen) atoms. The van der Waals surface area contributed by atoms with Crippen molar-refractivity contribution in [3.05, 3.63) is 23.5 Å². The van der Waals surface area contributed by atoms with Gasteiger partial charge in [-0.15, -0.1) is 0 Å². The van der Waals surface area contributed by atoms with Crippen LogP contribution >= 0.6 is 0 Å². The summed E-state index contributed by atoms with van der Waals surface area (Å²) in [7, 11) is 0. The standard InChI is InChI=1S/C14H23N3O/c1-9(2)7-17-8-12(6-16-17)14(15)13(10(3)4)11(5)18/h6,8-10H,7,15H2,1-5H3/b14-13-. The summed E-state index contributed by atoms with van der Waals surface area (Å²) in [4.78, 5) is 11.6. The lowest BCUT2D eigenvalue weighted by Gasteiger charge is -2.11. The molecule has 0 aliphatic heterocycles. The molecule has 1 aromatic rings. The van der Waals surface area contributed by atoms with E-state index < -0.39 is 0 Å². The molecule has 0 spiro atoms. The number of ketones is 1. The Bertz CT molecular complexity index is 455. The molecule has 4 heteroatoms. The maximum Gasteiger partial charge on any atom is 0.158 e. The second kappa shape index (κ2) is 5.85. The lowest BCUT2D eigenvalue weighted by molar-refractivity contribution is -0.113. The topological polar surface area (TPSA) is 60.9 Å². The molecule has 0 radical (unpaired) electrons. The van der Waals surface area contributed by atoms with Crippen molar-refractivity contribution in [3.8, 4) is 0 Å². The maximum atomic E-state index is 11.6. The Morgan fingerprint density at radius 3 is 2.44 bits per heavy atom. The predicted molar refractivity (Wildman–Crippen MR) is 73.7 cm³/mol. The minimum absolute atomic E-state index is 0.0270. The Hall–Kier alpha value is -1.58. The highest BCUT2D eigenvalue weighted by atomic mass is 16.1. The van der Waals surface area contributed by atoms with Gasteiger partial charge in [0, 0.05) is 29.6 Å². The van der Waals surface area contributed by atoms with Crippen molar-refractivity contribution in [2.75, 3.05) is 0 Å². The van der Waals surface area contributed by atoms with E-state index in [1.807, 2.05) is 24.7 Å². The monoisotopic (exact) mass is 249 g/mol. The first-order valence-corrected chi connectivity index (χ1v) is 6.36. The van der Waals surface area contributed by atoms with Crippen LogP contribution < -0.4 is 5.73 Å². The molecule has 1 heterocycles. The largest absolute Gasteiger partial charge is 0.398 e. The highest BCUT2D eigenvalue weighted by molar-refractivity contribution is 6.00. The van der Waals surface area contributed by atoms with E-state index in [0.717, 1.165) is 12.1 Å². The van der Waals surface area contributed by atoms with Gasteiger partial charge in [-0.3, -0.25) is 9.48 Å². The molecule has 0 unspecified atom stereocenters. The summed E-state index contributed by atoms with van der Waals surface area (Å²) in [6.45, 7) is 10.6. The molecule has 0 aliphatic rings. The Balaban J connectivity index is 3.08. The summed E-state index contributed by atoms with van der Waals surface area (Å²) in [5.74, 6) is 0.676. The van der Waals surface area contributed by atoms with Crippen LogP contribution in [0.4, 0.5) is 0 Å². The minimum Gasteiger partial charge on any atom is -0.398 e. The number of carbonyl (C=O) groups is 1. The fraction of sp³-hybridized carbons (Fsp3) is 0.571. The van der Waals surface area contributed by atoms with E-state index in [1.165, 1.54) is 0 Å². The van der Waals surface area contributed by atoms with Gasteiger partial charge >= 0.3 is 0 Å². The lowest BCUT2D eigenvalue weighted by Crippen LogP contribution is -2.12. The Morgan fingerprint density at radius 2 is 2.00 bits per heavy atom. The van der Waals surface area contributed by atoms with Crippen molar-refractivity contribution < 1.29 is 4.79 Å². The molecule has 0 fully saturated rings. The fourth-order valence-electron chi connectivity index (χ4n) is 2.04. The van der Waals surface area contributed by atoms with Crippen molar-refractivity contribution in [2.24, 2.45) is 17.6 Å². The summed E-state index contributed by atoms with van der Waals surface area (Å²) in [5, 5.41) is 4.27. The third-order valence-electron chi connectivity index (χ3n) is 2.74. The molecule has 1 rings (SSSR count). The second-order valence-electron chi connectivity index (χ2n) is 5.38. The van der Waals surface area contributed by atoms with Gasteiger partial charge in [0.2, 0.25) is 0 Å². The van der Waals surface area contributed by atoms with E-state index in [2.05, 4.69) is 18.9 Å². The van der Waals surface area contributed by atoms with Crippen molar-refractivity contribution >= 4 is 11.5 Å². The predicted octanol–water partition coefficient (Wildman–Crippen LogP) is 2.45. The fourth-order valence-corrected chi connectivity index (χ4v) is 2.04. The van der Waals surface area contributed by atoms with Crippen molar-refractivity contribution in [2.45, 2.75) is 41.2 Å². The zero-order valence-electron chi connectivity index (χ0n) is 11.9. The molecule has 0 aliphatic carbocycles. The molecule has 4 nitrogen and oxygen atoms in total. The van der Waals surface area contributed by atoms with E-state index in [4.69, 9.17) is 5.73 Å². The SMILES string of the molecule is CC(=O)/C(=C(\N)c1cnn(CC(C)C)c1)C(C)C. The summed E-state index contributed by atoms with van der Waals surface area (Å²) in [5.41, 5.74) is 8.15. The van der Waals surface area contributed by atoms with Crippen molar-refractivity contribution in [1.29, 1.82) is 0 Å². The van der Waals surface area contributed by atoms with E-state index in [-0.39, 0.29) is 11.7 Å². The second-order valence-corrected chi connectivity index (χ2v) is 5.38. The third kappa shape index (κ3) is 3.45. The van der Waals surface area contributed by atoms with E-state index in [1.54, 1.807) is 13.1 Å². The van der Waals surface area contributed by atoms with Gasteiger partial charge in [0.05, 0.1) is 6.20 Å². The number of carbonyl (C=O) groups excluding carboxylic acids is 1. The number of hydrogen-bond acceptors (Lipinski definition) is 3. The maximum absolute atomic E-state index is 11.6. The normalized spacial score (nSPS) is 13.1. The van der Waals surface area contributed by atoms with Crippen LogP contribution in [0.2, 0.25) is 0 Å². The van der Waals surface area contributed by atoms with Crippen LogP contribution in [0.1, 0.15) is 40.2 Å². The average molecular weight is 249 g/mol. The van der Waals surface area contributed by atoms with Crippen LogP contribution in [0.5, 0.6) is 0 Å². The van der Waals surface area contributed by atoms with Gasteiger partial charge < -0.3 is 5.73 Å². The first kappa shape index (κ1) is 14.5. The molecular formula is C14H23N3O. The van der Waals surface area contributed by atoms with Crippen LogP contribution in [-0.4, -0.2) is 15.6 Å². The Labute approximate surface area is 109 Å². The van der Waals surface area contributed by atoms with Gasteiger partial charge in [-0.25, -0.2) is 0 Å². The van der Waals surface area contributed by atoms with Gasteiger partial charge in [0.1, 0.15) is 0 Å². The molecular weight excluding hydrogens is 226 g/mol. The molecule has 0 atom stereocenters. The van der Waals surface area contributed by atoms with E-state index in [9.17, 15) is 4.79 Å². The zero-order chi connectivity index (χ0) is 13.9. The quantitative estimate of drug-likeness (QED) is 0.815. The molecule has 0 aromatic carbocycles. The number of rotatable bonds is 5. The van der Waals surface area contributed by atoms with Gasteiger partial charge in [-0.1, -0.05) is 27.7 Å². The highest BCUT2D eigenvalue weighted by Crippen LogP contribution is 2.20. The molecule has 1 aromatic heterocycles. The van der Waals surface area contributed by atoms with E-state index in [0.29, 0.717) is 17.2 Å². The molecule has 0 saturated heterocycles. The Kier molecular flexibility index (Phi) is 4.70. The number of allylic oxidation sites excluding steroid dienone is 1. The highest BCUT2D eigenvalue weighted by Gasteiger charge is 2.15. The lowest BCUT2D eigenvalue weighted by atomic mass is 9.95. The van der Waals surface area contributed by atoms with Crippen LogP contribution in [0.3, 0.4) is 0 Å². The Morgan fingerprint density at radius 1 is 1.39 bits per heavy atom. The van der Waals surface area contributed by atoms with Crippen LogP contribution in [0.15, 0.2) is 18.0 Å². The van der Waals surface area contributed by atoms with Crippen LogP contribution in [0, 0.1) is 11.8 Å². The first-order valence-electron chi connectivity index (χ1n) is 6.36. The molecule has 2 N–H and O–H groups in total. The van der Waals surface area contributed by atoms with Gasteiger partial charge in [0.25, 0.3) is 0 Å². The van der Waals surface area contributed by atoms with Crippen LogP contribution in [-0.2, 0) is 11.3 Å². The summed E-state index contributed by atoms with van der Waals surface area (Å²) < 4.78 is 1.87. The molecule has 0 amide bonds. The third-order valence-corrected chi connectivity index (χ3v) is 2.74. The molecule has 0 saturated carbocycles. The number of aromatic nitrogens is 2. The average Bonchev–Trinajstić information content (AvgIpc) is 2.63. The number of nitrogens with two attached hydrogens (primary N) is 1. The van der Waals surface area contributed by atoms with E-state index >= 15 is 0 Å². The molecule has 0 bridgehead atoms. The molecule has 100 valence electrons. The summed E-state index contributed by atoms with van der Waals surface area (Å²) >= 11 is 0. The van der Waals surface area contributed by atoms with Gasteiger partial charge in [-0.2, -0.15) is 5.10 Å². The van der Waals surface area contributed by atoms with Gasteiger partial charge in [-0.05, 0) is 18.8 Å². The van der Waals surface area contributed by atoms with Gasteiger partial charge in [0.15, 0.2) is 5.78 Å². The number of hydrogen-bond donors (Lipinski definition) is 1. The van der Waals surface area contributed by atoms with Crippen molar-refractivity contribution in [3.63, 3.8) is 0 Å². The first-order chi connectivity index (χ1) is 8.32. The number of nitrogens with zero attached hydrogens (tertiary/aromatic N) is 2. The minimum atomic E-state index is 0.0270.